The Kier molecular flexibility index (Phi) is 6.12. The predicted octanol–water partition coefficient (Wildman–Crippen LogP) is 2.45. The van der Waals surface area contributed by atoms with Gasteiger partial charge < -0.3 is 0 Å². The van der Waals surface area contributed by atoms with E-state index >= 15 is 0 Å². The molecule has 0 fully saturated rings. The standard InChI is InChI=1S/2C2H5.HI.Tl/c2*1-2;;/h2*1H2,2H3;1H;/q;;;+1/p-1. The molecular formula is C4H10ITl. The fourth-order valence-electron chi connectivity index (χ4n) is 0.289. The van der Waals surface area contributed by atoms with Gasteiger partial charge in [-0.05, 0) is 0 Å². The summed E-state index contributed by atoms with van der Waals surface area (Å²) in [5.74, 6) is 0. The van der Waals surface area contributed by atoms with E-state index in [0.717, 1.165) is 0 Å². The molecule has 0 rings (SSSR count). The van der Waals surface area contributed by atoms with Crippen LogP contribution in [0.25, 0.3) is 0 Å². The molecule has 0 aliphatic rings. The Morgan fingerprint density at radius 2 is 1.67 bits per heavy atom. The molecule has 0 aliphatic heterocycles. The van der Waals surface area contributed by atoms with E-state index in [-0.39, 0.29) is 0 Å². The van der Waals surface area contributed by atoms with E-state index in [1.54, 1.807) is 0 Å². The third-order valence-corrected chi connectivity index (χ3v) is 23.2. The van der Waals surface area contributed by atoms with Gasteiger partial charge in [0, 0.05) is 0 Å². The first-order valence-corrected chi connectivity index (χ1v) is 21.4. The zero-order valence-corrected chi connectivity index (χ0v) is 11.0. The predicted molar refractivity (Wildman–Crippen MR) is 40.7 cm³/mol. The molecule has 0 amide bonds. The number of halogens is 1. The van der Waals surface area contributed by atoms with E-state index in [9.17, 15) is 0 Å². The van der Waals surface area contributed by atoms with Crippen LogP contribution in [0, 0.1) is 0 Å². The first-order valence-electron chi connectivity index (χ1n) is 2.45. The van der Waals surface area contributed by atoms with Crippen LogP contribution in [0.3, 0.4) is 0 Å². The Morgan fingerprint density at radius 3 is 1.67 bits per heavy atom. The molecule has 0 aromatic carbocycles. The number of hydrogen-bond donors (Lipinski definition) is 0. The zero-order chi connectivity index (χ0) is 4.99. The summed E-state index contributed by atoms with van der Waals surface area (Å²) < 4.78 is 3.08. The van der Waals surface area contributed by atoms with Crippen LogP contribution in [0.5, 0.6) is 0 Å². The third kappa shape index (κ3) is 3.83. The maximum absolute atomic E-state index is 2.69. The van der Waals surface area contributed by atoms with Crippen molar-refractivity contribution >= 4 is 36.2 Å². The van der Waals surface area contributed by atoms with E-state index in [1.807, 2.05) is 0 Å². The van der Waals surface area contributed by atoms with Gasteiger partial charge in [0.1, 0.15) is 0 Å². The molecule has 0 atom stereocenters. The van der Waals surface area contributed by atoms with Gasteiger partial charge in [0.25, 0.3) is 0 Å². The molecule has 0 saturated carbocycles. The topological polar surface area (TPSA) is 0 Å². The van der Waals surface area contributed by atoms with E-state index < -0.39 is 18.4 Å². The van der Waals surface area contributed by atoms with Crippen LogP contribution in [0.15, 0.2) is 0 Å². The molecule has 2 heteroatoms. The fourth-order valence-corrected chi connectivity index (χ4v) is 2.53. The number of rotatable bonds is 2. The van der Waals surface area contributed by atoms with Crippen LogP contribution in [0.4, 0.5) is 0 Å². The van der Waals surface area contributed by atoms with Gasteiger partial charge in [0.15, 0.2) is 0 Å². The van der Waals surface area contributed by atoms with Gasteiger partial charge in [0.2, 0.25) is 0 Å². The Hall–Kier alpha value is 1.65. The molecule has 0 spiro atoms. The van der Waals surface area contributed by atoms with Crippen LogP contribution in [-0.2, 0) is 0 Å². The van der Waals surface area contributed by atoms with Crippen molar-refractivity contribution in [3.63, 3.8) is 0 Å². The van der Waals surface area contributed by atoms with Crippen LogP contribution in [0.2, 0.25) is 7.96 Å². The van der Waals surface area contributed by atoms with Crippen molar-refractivity contribution in [1.82, 2.24) is 0 Å². The summed E-state index contributed by atoms with van der Waals surface area (Å²) in [7, 11) is 0. The molecule has 0 heterocycles. The normalized spacial score (nSPS) is 8.50. The molecule has 0 nitrogen and oxygen atoms in total. The Labute approximate surface area is 57.3 Å². The summed E-state index contributed by atoms with van der Waals surface area (Å²) in [6.45, 7) is 4.64. The second-order valence-electron chi connectivity index (χ2n) is 1.41. The molecule has 0 aliphatic carbocycles. The van der Waals surface area contributed by atoms with E-state index in [0.29, 0.717) is 0 Å². The van der Waals surface area contributed by atoms with E-state index in [2.05, 4.69) is 31.6 Å². The average Bonchev–Trinajstić information content (AvgIpc) is 1.65. The molecule has 0 N–H and O–H groups in total. The van der Waals surface area contributed by atoms with Gasteiger partial charge in [-0.1, -0.05) is 0 Å². The van der Waals surface area contributed by atoms with Gasteiger partial charge in [0.05, 0.1) is 0 Å². The minimum atomic E-state index is -0.848. The first-order chi connectivity index (χ1) is 2.81. The molecule has 0 aromatic rings. The van der Waals surface area contributed by atoms with Crippen molar-refractivity contribution in [1.29, 1.82) is 0 Å². The third-order valence-electron chi connectivity index (χ3n) is 0.886. The second-order valence-corrected chi connectivity index (χ2v) is 27.9. The summed E-state index contributed by atoms with van der Waals surface area (Å²) in [6.07, 6.45) is 0. The molecule has 0 saturated heterocycles. The summed E-state index contributed by atoms with van der Waals surface area (Å²) in [5, 5.41) is 0. The quantitative estimate of drug-likeness (QED) is 0.503. The maximum atomic E-state index is 2.69. The van der Waals surface area contributed by atoms with Crippen molar-refractivity contribution < 1.29 is 0 Å². The minimum absolute atomic E-state index is 0.848. The van der Waals surface area contributed by atoms with Crippen molar-refractivity contribution in [2.45, 2.75) is 21.8 Å². The number of hydrogen-bond acceptors (Lipinski definition) is 0. The molecule has 6 heavy (non-hydrogen) atoms. The molecule has 0 aromatic heterocycles. The van der Waals surface area contributed by atoms with Gasteiger partial charge >= 0.3 is 58.0 Å². The molecule has 0 radical (unpaired) electrons. The molecule has 0 bridgehead atoms. The Balaban J connectivity index is 2.75. The first kappa shape index (κ1) is 7.65. The van der Waals surface area contributed by atoms with Crippen molar-refractivity contribution in [2.24, 2.45) is 0 Å². The van der Waals surface area contributed by atoms with Crippen molar-refractivity contribution in [3.05, 3.63) is 0 Å². The molecule has 0 unspecified atom stereocenters. The van der Waals surface area contributed by atoms with Gasteiger partial charge in [-0.3, -0.25) is 0 Å². The fraction of sp³-hybridized carbons (Fsp3) is 1.00. The Bertz CT molecular complexity index is 26.7. The van der Waals surface area contributed by atoms with E-state index in [1.165, 1.54) is 7.96 Å². The summed E-state index contributed by atoms with van der Waals surface area (Å²) >= 11 is 1.84. The Morgan fingerprint density at radius 1 is 1.33 bits per heavy atom. The van der Waals surface area contributed by atoms with Crippen LogP contribution in [0.1, 0.15) is 13.8 Å². The van der Waals surface area contributed by atoms with E-state index in [4.69, 9.17) is 0 Å². The zero-order valence-electron chi connectivity index (χ0n) is 4.37. The molecular weight excluding hydrogens is 379 g/mol. The van der Waals surface area contributed by atoms with Crippen LogP contribution < -0.4 is 0 Å². The van der Waals surface area contributed by atoms with Crippen molar-refractivity contribution in [2.75, 3.05) is 0 Å². The monoisotopic (exact) mass is 390 g/mol. The summed E-state index contributed by atoms with van der Waals surface area (Å²) in [6, 6.07) is 0. The molecule has 36 valence electrons. The van der Waals surface area contributed by atoms with Gasteiger partial charge in [-0.2, -0.15) is 0 Å². The SMILES string of the molecule is C[CH2][Tl]([I])[CH2]C. The van der Waals surface area contributed by atoms with Gasteiger partial charge in [-0.25, -0.2) is 0 Å². The van der Waals surface area contributed by atoms with Crippen LogP contribution in [-0.4, -0.2) is 18.4 Å². The average molecular weight is 389 g/mol. The summed E-state index contributed by atoms with van der Waals surface area (Å²) in [4.78, 5) is 0. The van der Waals surface area contributed by atoms with Crippen LogP contribution >= 0.6 is 17.8 Å². The van der Waals surface area contributed by atoms with Gasteiger partial charge in [-0.15, -0.1) is 0 Å². The van der Waals surface area contributed by atoms with Crippen molar-refractivity contribution in [3.8, 4) is 0 Å². The second kappa shape index (κ2) is 4.80. The summed E-state index contributed by atoms with van der Waals surface area (Å²) in [5.41, 5.74) is 0.